The normalized spacial score (nSPS) is 20.2. The fourth-order valence-corrected chi connectivity index (χ4v) is 2.83. The Hall–Kier alpha value is -0.940. The van der Waals surface area contributed by atoms with Crippen LogP contribution in [0.3, 0.4) is 0 Å². The van der Waals surface area contributed by atoms with Crippen LogP contribution in [0.2, 0.25) is 5.02 Å². The summed E-state index contributed by atoms with van der Waals surface area (Å²) in [6.45, 7) is 4.47. The third-order valence-electron chi connectivity index (χ3n) is 3.51. The molecule has 2 rings (SSSR count). The number of benzene rings is 1. The maximum absolute atomic E-state index is 12.6. The molecule has 1 aliphatic rings. The highest BCUT2D eigenvalue weighted by atomic mass is 35.5. The third-order valence-corrected chi connectivity index (χ3v) is 3.81. The number of rotatable bonds is 3. The number of nitrogens with zero attached hydrogens (tertiary/aromatic N) is 1. The molecule has 1 aliphatic heterocycles. The van der Waals surface area contributed by atoms with Crippen molar-refractivity contribution in [3.05, 3.63) is 28.8 Å². The fraction of sp³-hybridized carbons (Fsp3) is 0.571. The summed E-state index contributed by atoms with van der Waals surface area (Å²) in [6.07, 6.45) is -2.22. The minimum absolute atomic E-state index is 0.164. The molecule has 1 aromatic carbocycles. The Kier molecular flexibility index (Phi) is 4.81. The van der Waals surface area contributed by atoms with Crippen LogP contribution in [-0.4, -0.2) is 25.7 Å². The number of hydrogen-bond acceptors (Lipinski definition) is 2. The van der Waals surface area contributed by atoms with Gasteiger partial charge in [-0.05, 0) is 24.6 Å². The Bertz CT molecular complexity index is 460. The molecular formula is C14H18ClF3N2. The van der Waals surface area contributed by atoms with Gasteiger partial charge in [0.2, 0.25) is 0 Å². The van der Waals surface area contributed by atoms with Crippen molar-refractivity contribution in [3.63, 3.8) is 0 Å². The van der Waals surface area contributed by atoms with E-state index in [0.717, 1.165) is 44.6 Å². The van der Waals surface area contributed by atoms with E-state index in [1.54, 1.807) is 0 Å². The van der Waals surface area contributed by atoms with Crippen LogP contribution in [0.5, 0.6) is 0 Å². The molecule has 0 aromatic heterocycles. The lowest BCUT2D eigenvalue weighted by molar-refractivity contribution is -0.137. The van der Waals surface area contributed by atoms with E-state index < -0.39 is 11.7 Å². The second-order valence-corrected chi connectivity index (χ2v) is 5.46. The summed E-state index contributed by atoms with van der Waals surface area (Å²) in [6, 6.07) is 3.94. The van der Waals surface area contributed by atoms with Gasteiger partial charge in [0.25, 0.3) is 0 Å². The van der Waals surface area contributed by atoms with Crippen molar-refractivity contribution < 1.29 is 13.2 Å². The van der Waals surface area contributed by atoms with E-state index in [1.807, 2.05) is 0 Å². The summed E-state index contributed by atoms with van der Waals surface area (Å²) < 4.78 is 37.9. The van der Waals surface area contributed by atoms with Crippen molar-refractivity contribution in [1.82, 2.24) is 5.32 Å². The molecule has 2 nitrogen and oxygen atoms in total. The fourth-order valence-electron chi connectivity index (χ4n) is 2.53. The lowest BCUT2D eigenvalue weighted by Gasteiger charge is -2.35. The summed E-state index contributed by atoms with van der Waals surface area (Å²) in [5, 5.41) is 3.57. The molecule has 0 saturated carbocycles. The molecule has 0 aliphatic carbocycles. The van der Waals surface area contributed by atoms with Crippen LogP contribution in [0.15, 0.2) is 18.2 Å². The van der Waals surface area contributed by atoms with Crippen LogP contribution >= 0.6 is 11.6 Å². The highest BCUT2D eigenvalue weighted by Crippen LogP contribution is 2.35. The first-order valence-electron chi connectivity index (χ1n) is 6.77. The van der Waals surface area contributed by atoms with Gasteiger partial charge in [0.05, 0.1) is 16.3 Å². The SMILES string of the molecule is CCCC1CN(c2ccc(C(F)(F)F)cc2Cl)CCN1. The molecule has 1 atom stereocenters. The molecule has 1 aromatic rings. The van der Waals surface area contributed by atoms with E-state index in [2.05, 4.69) is 17.1 Å². The Morgan fingerprint density at radius 2 is 2.15 bits per heavy atom. The van der Waals surface area contributed by atoms with E-state index in [1.165, 1.54) is 6.07 Å². The van der Waals surface area contributed by atoms with Crippen molar-refractivity contribution in [2.45, 2.75) is 32.0 Å². The minimum atomic E-state index is -4.35. The topological polar surface area (TPSA) is 15.3 Å². The number of alkyl halides is 3. The Morgan fingerprint density at radius 3 is 2.75 bits per heavy atom. The monoisotopic (exact) mass is 306 g/mol. The Balaban J connectivity index is 2.16. The summed E-state index contributed by atoms with van der Waals surface area (Å²) in [5.41, 5.74) is -0.0197. The zero-order valence-corrected chi connectivity index (χ0v) is 12.1. The number of anilines is 1. The van der Waals surface area contributed by atoms with E-state index >= 15 is 0 Å². The first kappa shape index (κ1) is 15.4. The van der Waals surface area contributed by atoms with Crippen LogP contribution in [0, 0.1) is 0 Å². The maximum atomic E-state index is 12.6. The van der Waals surface area contributed by atoms with E-state index in [4.69, 9.17) is 11.6 Å². The molecule has 20 heavy (non-hydrogen) atoms. The van der Waals surface area contributed by atoms with Crippen LogP contribution in [0.1, 0.15) is 25.3 Å². The van der Waals surface area contributed by atoms with E-state index in [0.29, 0.717) is 11.7 Å². The average Bonchev–Trinajstić information content (AvgIpc) is 2.38. The van der Waals surface area contributed by atoms with Gasteiger partial charge in [-0.2, -0.15) is 13.2 Å². The lowest BCUT2D eigenvalue weighted by atomic mass is 10.1. The van der Waals surface area contributed by atoms with Crippen LogP contribution < -0.4 is 10.2 Å². The Morgan fingerprint density at radius 1 is 1.40 bits per heavy atom. The van der Waals surface area contributed by atoms with Gasteiger partial charge in [-0.3, -0.25) is 0 Å². The zero-order chi connectivity index (χ0) is 14.8. The predicted octanol–water partition coefficient (Wildman–Crippen LogP) is 3.94. The molecule has 0 amide bonds. The van der Waals surface area contributed by atoms with Crippen molar-refractivity contribution >= 4 is 17.3 Å². The van der Waals surface area contributed by atoms with E-state index in [-0.39, 0.29) is 5.02 Å². The van der Waals surface area contributed by atoms with Gasteiger partial charge in [-0.1, -0.05) is 24.9 Å². The van der Waals surface area contributed by atoms with Gasteiger partial charge in [0, 0.05) is 25.7 Å². The molecule has 0 radical (unpaired) electrons. The van der Waals surface area contributed by atoms with Gasteiger partial charge in [-0.15, -0.1) is 0 Å². The molecule has 1 saturated heterocycles. The predicted molar refractivity (Wildman–Crippen MR) is 75.4 cm³/mol. The summed E-state index contributed by atoms with van der Waals surface area (Å²) in [7, 11) is 0. The molecule has 0 spiro atoms. The summed E-state index contributed by atoms with van der Waals surface area (Å²) in [4.78, 5) is 2.05. The first-order valence-corrected chi connectivity index (χ1v) is 7.14. The number of halogens is 4. The summed E-state index contributed by atoms with van der Waals surface area (Å²) >= 11 is 6.03. The largest absolute Gasteiger partial charge is 0.416 e. The van der Waals surface area contributed by atoms with Crippen molar-refractivity contribution in [2.75, 3.05) is 24.5 Å². The molecule has 1 N–H and O–H groups in total. The van der Waals surface area contributed by atoms with Crippen LogP contribution in [-0.2, 0) is 6.18 Å². The van der Waals surface area contributed by atoms with Crippen LogP contribution in [0.4, 0.5) is 18.9 Å². The van der Waals surface area contributed by atoms with Gasteiger partial charge < -0.3 is 10.2 Å². The number of piperazine rings is 1. The zero-order valence-electron chi connectivity index (χ0n) is 11.3. The van der Waals surface area contributed by atoms with E-state index in [9.17, 15) is 13.2 Å². The maximum Gasteiger partial charge on any atom is 0.416 e. The molecule has 0 bridgehead atoms. The lowest BCUT2D eigenvalue weighted by Crippen LogP contribution is -2.50. The smallest absolute Gasteiger partial charge is 0.367 e. The second-order valence-electron chi connectivity index (χ2n) is 5.05. The summed E-state index contributed by atoms with van der Waals surface area (Å²) in [5.74, 6) is 0. The van der Waals surface area contributed by atoms with Crippen molar-refractivity contribution in [3.8, 4) is 0 Å². The number of nitrogens with one attached hydrogen (secondary N) is 1. The van der Waals surface area contributed by atoms with Gasteiger partial charge in [-0.25, -0.2) is 0 Å². The van der Waals surface area contributed by atoms with Crippen molar-refractivity contribution in [2.24, 2.45) is 0 Å². The average molecular weight is 307 g/mol. The molecule has 1 unspecified atom stereocenters. The standard InChI is InChI=1S/C14H18ClF3N2/c1-2-3-11-9-20(7-6-19-11)13-5-4-10(8-12(13)15)14(16,17)18/h4-5,8,11,19H,2-3,6-7,9H2,1H3. The highest BCUT2D eigenvalue weighted by Gasteiger charge is 2.31. The first-order chi connectivity index (χ1) is 9.41. The molecule has 1 fully saturated rings. The molecule has 112 valence electrons. The molecule has 1 heterocycles. The highest BCUT2D eigenvalue weighted by molar-refractivity contribution is 6.33. The van der Waals surface area contributed by atoms with Gasteiger partial charge in [0.15, 0.2) is 0 Å². The number of hydrogen-bond donors (Lipinski definition) is 1. The third kappa shape index (κ3) is 3.58. The molecular weight excluding hydrogens is 289 g/mol. The van der Waals surface area contributed by atoms with Gasteiger partial charge in [0.1, 0.15) is 0 Å². The van der Waals surface area contributed by atoms with Crippen molar-refractivity contribution in [1.29, 1.82) is 0 Å². The quantitative estimate of drug-likeness (QED) is 0.910. The Labute approximate surface area is 121 Å². The second kappa shape index (κ2) is 6.22. The van der Waals surface area contributed by atoms with Gasteiger partial charge >= 0.3 is 6.18 Å². The minimum Gasteiger partial charge on any atom is -0.367 e. The van der Waals surface area contributed by atoms with Crippen LogP contribution in [0.25, 0.3) is 0 Å². The molecule has 6 heteroatoms.